The van der Waals surface area contributed by atoms with E-state index < -0.39 is 28.6 Å². The van der Waals surface area contributed by atoms with E-state index >= 15 is 0 Å². The first-order valence-corrected chi connectivity index (χ1v) is 10.4. The first-order valence-electron chi connectivity index (χ1n) is 8.97. The third-order valence-corrected chi connectivity index (χ3v) is 6.64. The van der Waals surface area contributed by atoms with E-state index in [2.05, 4.69) is 4.74 Å². The highest BCUT2D eigenvalue weighted by molar-refractivity contribution is 7.89. The van der Waals surface area contributed by atoms with Gasteiger partial charge in [0.25, 0.3) is 0 Å². The average Bonchev–Trinajstić information content (AvgIpc) is 2.68. The molecule has 0 spiro atoms. The van der Waals surface area contributed by atoms with Crippen molar-refractivity contribution in [1.29, 1.82) is 0 Å². The summed E-state index contributed by atoms with van der Waals surface area (Å²) in [5.74, 6) is -0.785. The van der Waals surface area contributed by atoms with Crippen LogP contribution in [-0.2, 0) is 10.0 Å². The van der Waals surface area contributed by atoms with Crippen LogP contribution in [0.5, 0.6) is 5.75 Å². The summed E-state index contributed by atoms with van der Waals surface area (Å²) in [6.07, 6.45) is -0.870. The number of hydrogen-bond donors (Lipinski definition) is 1. The fourth-order valence-electron chi connectivity index (χ4n) is 3.17. The Morgan fingerprint density at radius 1 is 1.00 bits per heavy atom. The molecule has 3 rings (SSSR count). The Balaban J connectivity index is 1.56. The van der Waals surface area contributed by atoms with Gasteiger partial charge in [-0.15, -0.1) is 0 Å². The van der Waals surface area contributed by atoms with Crippen molar-refractivity contribution in [2.45, 2.75) is 17.6 Å². The molecule has 1 unspecified atom stereocenters. The van der Waals surface area contributed by atoms with Gasteiger partial charge in [-0.3, -0.25) is 4.90 Å². The quantitative estimate of drug-likeness (QED) is 0.731. The zero-order valence-corrected chi connectivity index (χ0v) is 16.2. The Labute approximate surface area is 167 Å². The van der Waals surface area contributed by atoms with Gasteiger partial charge in [-0.1, -0.05) is 24.3 Å². The van der Waals surface area contributed by atoms with Crippen molar-refractivity contribution in [3.63, 3.8) is 0 Å². The number of sulfonamides is 1. The summed E-state index contributed by atoms with van der Waals surface area (Å²) in [6.45, 7) is -1.57. The second-order valence-corrected chi connectivity index (χ2v) is 8.50. The van der Waals surface area contributed by atoms with Crippen LogP contribution in [0.2, 0.25) is 0 Å². The summed E-state index contributed by atoms with van der Waals surface area (Å²) in [7, 11) is -3.92. The van der Waals surface area contributed by atoms with Gasteiger partial charge in [0.15, 0.2) is 0 Å². The van der Waals surface area contributed by atoms with E-state index in [1.807, 2.05) is 4.90 Å². The van der Waals surface area contributed by atoms with Gasteiger partial charge in [0, 0.05) is 32.7 Å². The molecular weight excluding hydrogens is 409 g/mol. The molecule has 0 aliphatic carbocycles. The molecule has 1 fully saturated rings. The van der Waals surface area contributed by atoms with E-state index in [4.69, 9.17) is 0 Å². The molecule has 1 heterocycles. The number of aliphatic hydroxyl groups is 1. The average molecular weight is 430 g/mol. The predicted molar refractivity (Wildman–Crippen MR) is 99.6 cm³/mol. The lowest BCUT2D eigenvalue weighted by Crippen LogP contribution is -2.49. The van der Waals surface area contributed by atoms with Crippen LogP contribution < -0.4 is 4.74 Å². The summed E-state index contributed by atoms with van der Waals surface area (Å²) in [4.78, 5) is 1.54. The number of rotatable bonds is 7. The van der Waals surface area contributed by atoms with Crippen molar-refractivity contribution in [2.75, 3.05) is 32.7 Å². The molecule has 1 aliphatic heterocycles. The second-order valence-electron chi connectivity index (χ2n) is 6.60. The summed E-state index contributed by atoms with van der Waals surface area (Å²) in [6, 6.07) is 11.0. The molecule has 2 aromatic rings. The van der Waals surface area contributed by atoms with Crippen LogP contribution in [0.4, 0.5) is 13.2 Å². The number of alkyl halides is 2. The first kappa shape index (κ1) is 21.6. The van der Waals surface area contributed by atoms with Gasteiger partial charge in [0.2, 0.25) is 10.0 Å². The molecule has 0 amide bonds. The van der Waals surface area contributed by atoms with E-state index in [0.29, 0.717) is 18.7 Å². The largest absolute Gasteiger partial charge is 0.435 e. The summed E-state index contributed by atoms with van der Waals surface area (Å²) in [5.41, 5.74) is 0.535. The minimum Gasteiger partial charge on any atom is -0.435 e. The number of piperazine rings is 1. The van der Waals surface area contributed by atoms with Crippen molar-refractivity contribution in [3.8, 4) is 5.75 Å². The second kappa shape index (κ2) is 9.12. The van der Waals surface area contributed by atoms with Crippen LogP contribution in [0.25, 0.3) is 0 Å². The predicted octanol–water partition coefficient (Wildman–Crippen LogP) is 2.47. The molecule has 1 N–H and O–H groups in total. The van der Waals surface area contributed by atoms with Gasteiger partial charge in [-0.25, -0.2) is 12.8 Å². The molecular formula is C19H21F3N2O4S. The van der Waals surface area contributed by atoms with E-state index in [-0.39, 0.29) is 30.3 Å². The molecule has 0 aromatic heterocycles. The molecule has 158 valence electrons. The fourth-order valence-corrected chi connectivity index (χ4v) is 4.65. The van der Waals surface area contributed by atoms with Crippen molar-refractivity contribution in [3.05, 3.63) is 59.9 Å². The Bertz CT molecular complexity index is 917. The molecule has 1 aliphatic rings. The molecule has 0 radical (unpaired) electrons. The zero-order valence-electron chi connectivity index (χ0n) is 15.4. The van der Waals surface area contributed by atoms with Crippen molar-refractivity contribution < 1.29 is 31.4 Å². The highest BCUT2D eigenvalue weighted by Gasteiger charge is 2.31. The Morgan fingerprint density at radius 3 is 2.21 bits per heavy atom. The number of benzene rings is 2. The zero-order chi connectivity index (χ0) is 21.0. The van der Waals surface area contributed by atoms with Crippen LogP contribution in [0, 0.1) is 5.82 Å². The number of aliphatic hydroxyl groups excluding tert-OH is 1. The normalized spacial score (nSPS) is 17.4. The van der Waals surface area contributed by atoms with E-state index in [1.165, 1.54) is 46.8 Å². The molecule has 2 aromatic carbocycles. The molecule has 29 heavy (non-hydrogen) atoms. The molecule has 1 saturated heterocycles. The minimum atomic E-state index is -3.92. The van der Waals surface area contributed by atoms with E-state index in [0.717, 1.165) is 6.07 Å². The van der Waals surface area contributed by atoms with Crippen LogP contribution >= 0.6 is 0 Å². The van der Waals surface area contributed by atoms with Gasteiger partial charge in [-0.2, -0.15) is 13.1 Å². The topological polar surface area (TPSA) is 70.1 Å². The van der Waals surface area contributed by atoms with Crippen LogP contribution in [-0.4, -0.2) is 62.1 Å². The Morgan fingerprint density at radius 2 is 1.62 bits per heavy atom. The smallest absolute Gasteiger partial charge is 0.387 e. The van der Waals surface area contributed by atoms with E-state index in [1.54, 1.807) is 0 Å². The maximum Gasteiger partial charge on any atom is 0.387 e. The monoisotopic (exact) mass is 430 g/mol. The van der Waals surface area contributed by atoms with Gasteiger partial charge >= 0.3 is 6.61 Å². The van der Waals surface area contributed by atoms with Crippen LogP contribution in [0.3, 0.4) is 0 Å². The maximum absolute atomic E-state index is 13.9. The summed E-state index contributed by atoms with van der Waals surface area (Å²) >= 11 is 0. The van der Waals surface area contributed by atoms with Crippen molar-refractivity contribution in [1.82, 2.24) is 9.21 Å². The third kappa shape index (κ3) is 5.27. The SMILES string of the molecule is O=S(=O)(c1ccccc1F)N1CCN(CC(O)c2ccc(OC(F)F)cc2)CC1. The number of β-amino-alcohol motifs (C(OH)–C–C–N with tert-alkyl or cyclic N) is 1. The number of hydrogen-bond acceptors (Lipinski definition) is 5. The number of halogens is 3. The number of nitrogens with zero attached hydrogens (tertiary/aromatic N) is 2. The lowest BCUT2D eigenvalue weighted by Gasteiger charge is -2.35. The standard InChI is InChI=1S/C19H21F3N2O4S/c20-16-3-1-2-4-18(16)29(26,27)24-11-9-23(10-12-24)13-17(25)14-5-7-15(8-6-14)28-19(21)22/h1-8,17,19,25H,9-13H2. The summed E-state index contributed by atoms with van der Waals surface area (Å²) in [5, 5.41) is 10.4. The van der Waals surface area contributed by atoms with E-state index in [9.17, 15) is 26.7 Å². The lowest BCUT2D eigenvalue weighted by atomic mass is 10.1. The molecule has 1 atom stereocenters. The van der Waals surface area contributed by atoms with Crippen molar-refractivity contribution >= 4 is 10.0 Å². The van der Waals surface area contributed by atoms with Gasteiger partial charge in [0.05, 0.1) is 6.10 Å². The lowest BCUT2D eigenvalue weighted by molar-refractivity contribution is -0.0498. The van der Waals surface area contributed by atoms with Crippen molar-refractivity contribution in [2.24, 2.45) is 0 Å². The summed E-state index contributed by atoms with van der Waals surface area (Å²) < 4.78 is 69.0. The molecule has 0 saturated carbocycles. The van der Waals surface area contributed by atoms with Crippen LogP contribution in [0.1, 0.15) is 11.7 Å². The molecule has 6 nitrogen and oxygen atoms in total. The van der Waals surface area contributed by atoms with Gasteiger partial charge < -0.3 is 9.84 Å². The Hall–Kier alpha value is -2.14. The van der Waals surface area contributed by atoms with Gasteiger partial charge in [0.1, 0.15) is 16.5 Å². The highest BCUT2D eigenvalue weighted by atomic mass is 32.2. The van der Waals surface area contributed by atoms with Gasteiger partial charge in [-0.05, 0) is 29.8 Å². The highest BCUT2D eigenvalue weighted by Crippen LogP contribution is 2.23. The first-order chi connectivity index (χ1) is 13.8. The fraction of sp³-hybridized carbons (Fsp3) is 0.368. The molecule has 10 heteroatoms. The Kier molecular flexibility index (Phi) is 6.78. The maximum atomic E-state index is 13.9. The number of ether oxygens (including phenoxy) is 1. The van der Waals surface area contributed by atoms with Crippen LogP contribution in [0.15, 0.2) is 53.4 Å². The molecule has 0 bridgehead atoms. The third-order valence-electron chi connectivity index (χ3n) is 4.71. The minimum absolute atomic E-state index is 0.00270.